The fraction of sp³-hybridized carbons (Fsp3) is 0.750. The first kappa shape index (κ1) is 8.50. The van der Waals surface area contributed by atoms with Crippen LogP contribution in [0.3, 0.4) is 0 Å². The second-order valence-electron chi connectivity index (χ2n) is 3.76. The molecule has 0 radical (unpaired) electrons. The van der Waals surface area contributed by atoms with Crippen LogP contribution in [0.2, 0.25) is 0 Å². The van der Waals surface area contributed by atoms with Crippen molar-refractivity contribution < 1.29 is 0 Å². The Morgan fingerprint density at radius 2 is 1.92 bits per heavy atom. The third-order valence-corrected chi connectivity index (χ3v) is 2.72. The van der Waals surface area contributed by atoms with Crippen molar-refractivity contribution in [2.45, 2.75) is 37.6 Å². The molecule has 0 spiro atoms. The lowest BCUT2D eigenvalue weighted by molar-refractivity contribution is 0.288. The summed E-state index contributed by atoms with van der Waals surface area (Å²) in [6.45, 7) is 0. The molecule has 1 aliphatic rings. The fourth-order valence-corrected chi connectivity index (χ4v) is 1.92. The number of anilines is 1. The van der Waals surface area contributed by atoms with Gasteiger partial charge in [0.1, 0.15) is 5.82 Å². The molecule has 5 N–H and O–H groups in total. The first-order valence-electron chi connectivity index (χ1n) is 4.68. The van der Waals surface area contributed by atoms with Crippen LogP contribution >= 0.6 is 0 Å². The van der Waals surface area contributed by atoms with E-state index < -0.39 is 0 Å². The van der Waals surface area contributed by atoms with Crippen LogP contribution in [0.15, 0.2) is 0 Å². The lowest BCUT2D eigenvalue weighted by atomic mass is 9.82. The predicted octanol–water partition coefficient (Wildman–Crippen LogP) is 0.505. The molecule has 0 atom stereocenters. The number of hydrogen-bond donors (Lipinski definition) is 3. The Kier molecular flexibility index (Phi) is 1.95. The zero-order chi connectivity index (χ0) is 9.31. The summed E-state index contributed by atoms with van der Waals surface area (Å²) in [4.78, 5) is 4.09. The third-order valence-electron chi connectivity index (χ3n) is 2.72. The molecule has 0 saturated heterocycles. The number of nitrogens with one attached hydrogen (secondary N) is 1. The van der Waals surface area contributed by atoms with Gasteiger partial charge in [-0.3, -0.25) is 5.10 Å². The Bertz CT molecular complexity index is 286. The molecule has 13 heavy (non-hydrogen) atoms. The first-order valence-corrected chi connectivity index (χ1v) is 4.68. The van der Waals surface area contributed by atoms with Gasteiger partial charge in [-0.1, -0.05) is 19.3 Å². The maximum atomic E-state index is 6.20. The van der Waals surface area contributed by atoms with E-state index in [2.05, 4.69) is 15.2 Å². The third kappa shape index (κ3) is 1.51. The molecular formula is C8H15N5. The summed E-state index contributed by atoms with van der Waals surface area (Å²) < 4.78 is 0. The molecule has 1 aromatic rings. The maximum Gasteiger partial charge on any atom is 0.239 e. The van der Waals surface area contributed by atoms with Crippen molar-refractivity contribution >= 4 is 5.95 Å². The van der Waals surface area contributed by atoms with Gasteiger partial charge in [-0.15, -0.1) is 5.10 Å². The molecule has 5 heteroatoms. The number of hydrogen-bond acceptors (Lipinski definition) is 4. The van der Waals surface area contributed by atoms with Crippen molar-refractivity contribution in [3.63, 3.8) is 0 Å². The zero-order valence-corrected chi connectivity index (χ0v) is 7.58. The van der Waals surface area contributed by atoms with E-state index >= 15 is 0 Å². The minimum Gasteiger partial charge on any atom is -0.367 e. The molecule has 2 rings (SSSR count). The number of nitrogens with two attached hydrogens (primary N) is 2. The van der Waals surface area contributed by atoms with Crippen LogP contribution in [-0.4, -0.2) is 15.2 Å². The Morgan fingerprint density at radius 1 is 1.23 bits per heavy atom. The van der Waals surface area contributed by atoms with Gasteiger partial charge in [0.25, 0.3) is 0 Å². The van der Waals surface area contributed by atoms with Crippen molar-refractivity contribution in [3.8, 4) is 0 Å². The van der Waals surface area contributed by atoms with Gasteiger partial charge in [0.05, 0.1) is 5.54 Å². The fourth-order valence-electron chi connectivity index (χ4n) is 1.92. The smallest absolute Gasteiger partial charge is 0.239 e. The number of H-pyrrole nitrogens is 1. The highest BCUT2D eigenvalue weighted by Gasteiger charge is 2.32. The molecule has 0 unspecified atom stereocenters. The van der Waals surface area contributed by atoms with E-state index in [1.165, 1.54) is 6.42 Å². The first-order chi connectivity index (χ1) is 6.21. The van der Waals surface area contributed by atoms with Gasteiger partial charge < -0.3 is 11.5 Å². The van der Waals surface area contributed by atoms with E-state index in [4.69, 9.17) is 11.5 Å². The predicted molar refractivity (Wildman–Crippen MR) is 49.7 cm³/mol. The Balaban J connectivity index is 2.22. The number of nitrogen functional groups attached to an aromatic ring is 1. The highest BCUT2D eigenvalue weighted by Crippen LogP contribution is 2.32. The number of nitrogens with zero attached hydrogens (tertiary/aromatic N) is 2. The second-order valence-corrected chi connectivity index (χ2v) is 3.76. The second kappa shape index (κ2) is 2.99. The van der Waals surface area contributed by atoms with Crippen LogP contribution in [0.1, 0.15) is 37.9 Å². The summed E-state index contributed by atoms with van der Waals surface area (Å²) in [6, 6.07) is 0. The topological polar surface area (TPSA) is 93.6 Å². The van der Waals surface area contributed by atoms with Crippen molar-refractivity contribution in [2.24, 2.45) is 5.73 Å². The van der Waals surface area contributed by atoms with E-state index in [1.54, 1.807) is 0 Å². The van der Waals surface area contributed by atoms with E-state index in [9.17, 15) is 0 Å². The van der Waals surface area contributed by atoms with Gasteiger partial charge in [-0.2, -0.15) is 4.98 Å². The molecule has 0 amide bonds. The summed E-state index contributed by atoms with van der Waals surface area (Å²) in [6.07, 6.45) is 5.54. The summed E-state index contributed by atoms with van der Waals surface area (Å²) >= 11 is 0. The summed E-state index contributed by atoms with van der Waals surface area (Å²) in [5.74, 6) is 1.02. The minimum absolute atomic E-state index is 0.283. The lowest BCUT2D eigenvalue weighted by Gasteiger charge is -2.30. The molecule has 1 aromatic heterocycles. The summed E-state index contributed by atoms with van der Waals surface area (Å²) in [5, 5.41) is 6.60. The average Bonchev–Trinajstić information content (AvgIpc) is 2.54. The van der Waals surface area contributed by atoms with Crippen molar-refractivity contribution in [3.05, 3.63) is 5.82 Å². The SMILES string of the molecule is Nc1n[nH]c(C2(N)CCCCC2)n1. The van der Waals surface area contributed by atoms with E-state index in [-0.39, 0.29) is 11.5 Å². The Hall–Kier alpha value is -1.10. The zero-order valence-electron chi connectivity index (χ0n) is 7.58. The highest BCUT2D eigenvalue weighted by atomic mass is 15.3. The van der Waals surface area contributed by atoms with Crippen LogP contribution in [0.25, 0.3) is 0 Å². The number of rotatable bonds is 1. The number of aromatic nitrogens is 3. The van der Waals surface area contributed by atoms with Gasteiger partial charge >= 0.3 is 0 Å². The minimum atomic E-state index is -0.317. The van der Waals surface area contributed by atoms with Crippen LogP contribution < -0.4 is 11.5 Å². The molecule has 5 nitrogen and oxygen atoms in total. The quantitative estimate of drug-likeness (QED) is 0.588. The van der Waals surface area contributed by atoms with Gasteiger partial charge in [0.15, 0.2) is 0 Å². The monoisotopic (exact) mass is 181 g/mol. The average molecular weight is 181 g/mol. The van der Waals surface area contributed by atoms with Crippen molar-refractivity contribution in [1.82, 2.24) is 15.2 Å². The molecule has 0 bridgehead atoms. The summed E-state index contributed by atoms with van der Waals surface area (Å²) in [7, 11) is 0. The molecule has 1 fully saturated rings. The summed E-state index contributed by atoms with van der Waals surface area (Å²) in [5.41, 5.74) is 11.3. The molecular weight excluding hydrogens is 166 g/mol. The van der Waals surface area contributed by atoms with E-state index in [0.717, 1.165) is 31.5 Å². The lowest BCUT2D eigenvalue weighted by Crippen LogP contribution is -2.39. The van der Waals surface area contributed by atoms with Gasteiger partial charge in [0, 0.05) is 0 Å². The molecule has 72 valence electrons. The van der Waals surface area contributed by atoms with Gasteiger partial charge in [-0.05, 0) is 12.8 Å². The number of aromatic amines is 1. The van der Waals surface area contributed by atoms with Crippen molar-refractivity contribution in [2.75, 3.05) is 5.73 Å². The molecule has 0 aliphatic heterocycles. The van der Waals surface area contributed by atoms with Crippen LogP contribution in [-0.2, 0) is 5.54 Å². The molecule has 1 saturated carbocycles. The normalized spacial score (nSPS) is 21.6. The van der Waals surface area contributed by atoms with E-state index in [1.807, 2.05) is 0 Å². The van der Waals surface area contributed by atoms with Crippen LogP contribution in [0.5, 0.6) is 0 Å². The highest BCUT2D eigenvalue weighted by molar-refractivity contribution is 5.17. The molecule has 1 heterocycles. The van der Waals surface area contributed by atoms with Gasteiger partial charge in [0.2, 0.25) is 5.95 Å². The maximum absolute atomic E-state index is 6.20. The largest absolute Gasteiger partial charge is 0.367 e. The molecule has 0 aromatic carbocycles. The van der Waals surface area contributed by atoms with Crippen LogP contribution in [0, 0.1) is 0 Å². The van der Waals surface area contributed by atoms with Crippen LogP contribution in [0.4, 0.5) is 5.95 Å². The Morgan fingerprint density at radius 3 is 2.46 bits per heavy atom. The Labute approximate surface area is 76.9 Å². The molecule has 1 aliphatic carbocycles. The standard InChI is InChI=1S/C8H15N5/c9-7-11-6(12-13-7)8(10)4-2-1-3-5-8/h1-5,10H2,(H3,9,11,12,13). The van der Waals surface area contributed by atoms with Crippen molar-refractivity contribution in [1.29, 1.82) is 0 Å². The van der Waals surface area contributed by atoms with Gasteiger partial charge in [-0.25, -0.2) is 0 Å². The van der Waals surface area contributed by atoms with E-state index in [0.29, 0.717) is 0 Å².